The van der Waals surface area contributed by atoms with Gasteiger partial charge < -0.3 is 35.8 Å². The fourth-order valence-corrected chi connectivity index (χ4v) is 6.48. The molecule has 0 unspecified atom stereocenters. The summed E-state index contributed by atoms with van der Waals surface area (Å²) in [5.74, 6) is 2.10. The van der Waals surface area contributed by atoms with E-state index >= 15 is 0 Å². The van der Waals surface area contributed by atoms with Gasteiger partial charge in [0.15, 0.2) is 5.82 Å². The van der Waals surface area contributed by atoms with Crippen molar-refractivity contribution in [2.24, 2.45) is 0 Å². The summed E-state index contributed by atoms with van der Waals surface area (Å²) < 4.78 is 5.50. The average molecular weight is 576 g/mol. The number of ether oxygens (including phenoxy) is 1. The first-order valence-electron chi connectivity index (χ1n) is 15.6. The normalized spacial score (nSPS) is 17.3. The van der Waals surface area contributed by atoms with E-state index in [1.807, 2.05) is 0 Å². The molecule has 7 rings (SSSR count). The maximum atomic E-state index is 5.50. The maximum Gasteiger partial charge on any atom is 0.155 e. The SMILES string of the molecule is c1ccc(C(CN2CCC(Nc3cc(Nc4ccc(N5CCOCC5)cc4)nc4c3NCN4)CC2)c2ccccc2)cc1. The van der Waals surface area contributed by atoms with Crippen molar-refractivity contribution in [3.05, 3.63) is 102 Å². The number of aromatic nitrogens is 1. The highest BCUT2D eigenvalue weighted by Crippen LogP contribution is 2.37. The van der Waals surface area contributed by atoms with Gasteiger partial charge in [-0.1, -0.05) is 60.7 Å². The Balaban J connectivity index is 0.997. The van der Waals surface area contributed by atoms with Crippen molar-refractivity contribution < 1.29 is 4.74 Å². The number of nitrogens with zero attached hydrogens (tertiary/aromatic N) is 3. The molecule has 0 saturated carbocycles. The molecule has 3 aliphatic rings. The zero-order chi connectivity index (χ0) is 28.8. The zero-order valence-corrected chi connectivity index (χ0v) is 24.6. The molecule has 0 atom stereocenters. The van der Waals surface area contributed by atoms with Crippen LogP contribution in [0, 0.1) is 0 Å². The fraction of sp³-hybridized carbons (Fsp3) is 0.343. The van der Waals surface area contributed by atoms with Gasteiger partial charge in [-0.25, -0.2) is 4.98 Å². The van der Waals surface area contributed by atoms with Crippen LogP contribution in [0.1, 0.15) is 29.9 Å². The lowest BCUT2D eigenvalue weighted by Crippen LogP contribution is -2.41. The van der Waals surface area contributed by atoms with Crippen molar-refractivity contribution in [2.75, 3.05) is 78.8 Å². The van der Waals surface area contributed by atoms with Gasteiger partial charge >= 0.3 is 0 Å². The van der Waals surface area contributed by atoms with Gasteiger partial charge in [0.1, 0.15) is 11.5 Å². The first-order valence-corrected chi connectivity index (χ1v) is 15.6. The van der Waals surface area contributed by atoms with Crippen molar-refractivity contribution in [3.63, 3.8) is 0 Å². The molecule has 2 saturated heterocycles. The predicted molar refractivity (Wildman–Crippen MR) is 177 cm³/mol. The molecule has 4 aromatic rings. The monoisotopic (exact) mass is 575 g/mol. The summed E-state index contributed by atoms with van der Waals surface area (Å²) in [6.45, 7) is 7.33. The quantitative estimate of drug-likeness (QED) is 0.189. The molecule has 3 aromatic carbocycles. The van der Waals surface area contributed by atoms with Crippen molar-refractivity contribution in [1.82, 2.24) is 9.88 Å². The molecule has 0 aliphatic carbocycles. The van der Waals surface area contributed by atoms with E-state index in [4.69, 9.17) is 9.72 Å². The van der Waals surface area contributed by atoms with E-state index in [2.05, 4.69) is 122 Å². The molecule has 4 N–H and O–H groups in total. The van der Waals surface area contributed by atoms with Crippen LogP contribution >= 0.6 is 0 Å². The van der Waals surface area contributed by atoms with Crippen LogP contribution in [0.3, 0.4) is 0 Å². The lowest BCUT2D eigenvalue weighted by molar-refractivity contribution is 0.122. The summed E-state index contributed by atoms with van der Waals surface area (Å²) in [5, 5.41) is 14.3. The highest BCUT2D eigenvalue weighted by Gasteiger charge is 2.25. The van der Waals surface area contributed by atoms with Crippen molar-refractivity contribution >= 4 is 34.4 Å². The van der Waals surface area contributed by atoms with Crippen molar-refractivity contribution in [2.45, 2.75) is 24.8 Å². The Kier molecular flexibility index (Phi) is 8.29. The molecule has 0 spiro atoms. The van der Waals surface area contributed by atoms with E-state index in [9.17, 15) is 0 Å². The van der Waals surface area contributed by atoms with Gasteiger partial charge in [0.25, 0.3) is 0 Å². The Morgan fingerprint density at radius 3 is 2.16 bits per heavy atom. The molecule has 8 heteroatoms. The first-order chi connectivity index (χ1) is 21.3. The highest BCUT2D eigenvalue weighted by molar-refractivity contribution is 5.86. The van der Waals surface area contributed by atoms with Crippen molar-refractivity contribution in [1.29, 1.82) is 0 Å². The standard InChI is InChI=1S/C35H41N7O/c1-3-7-26(8-4-1)31(27-9-5-2-6-10-27)24-41-17-15-29(16-18-41)38-32-23-33(40-35-34(32)36-25-37-35)39-28-11-13-30(14-12-28)42-19-21-43-22-20-42/h1-14,23,29,31,36H,15-22,24-25H2,(H3,37,38,39,40). The summed E-state index contributed by atoms with van der Waals surface area (Å²) in [7, 11) is 0. The van der Waals surface area contributed by atoms with E-state index < -0.39 is 0 Å². The van der Waals surface area contributed by atoms with Gasteiger partial charge in [-0.05, 0) is 48.2 Å². The van der Waals surface area contributed by atoms with Gasteiger partial charge in [0, 0.05) is 62.1 Å². The number of hydrogen-bond acceptors (Lipinski definition) is 8. The molecule has 2 fully saturated rings. The van der Waals surface area contributed by atoms with Crippen LogP contribution in [0.4, 0.5) is 34.4 Å². The first kappa shape index (κ1) is 27.6. The predicted octanol–water partition coefficient (Wildman–Crippen LogP) is 6.17. The van der Waals surface area contributed by atoms with Gasteiger partial charge in [-0.3, -0.25) is 0 Å². The molecule has 3 aliphatic heterocycles. The van der Waals surface area contributed by atoms with E-state index in [-0.39, 0.29) is 0 Å². The molecule has 0 bridgehead atoms. The number of piperidine rings is 1. The molecule has 43 heavy (non-hydrogen) atoms. The topological polar surface area (TPSA) is 76.7 Å². The Bertz CT molecular complexity index is 1430. The van der Waals surface area contributed by atoms with Crippen LogP contribution in [-0.4, -0.2) is 68.5 Å². The Morgan fingerprint density at radius 2 is 1.49 bits per heavy atom. The summed E-state index contributed by atoms with van der Waals surface area (Å²) in [5.41, 5.74) is 7.19. The molecule has 222 valence electrons. The minimum absolute atomic E-state index is 0.377. The molecule has 8 nitrogen and oxygen atoms in total. The minimum Gasteiger partial charge on any atom is -0.380 e. The summed E-state index contributed by atoms with van der Waals surface area (Å²) >= 11 is 0. The maximum absolute atomic E-state index is 5.50. The Hall–Kier alpha value is -4.27. The number of fused-ring (bicyclic) bond motifs is 1. The van der Waals surface area contributed by atoms with Crippen LogP contribution in [0.15, 0.2) is 91.0 Å². The Labute approximate surface area is 254 Å². The lowest BCUT2D eigenvalue weighted by atomic mass is 9.90. The second-order valence-corrected chi connectivity index (χ2v) is 11.7. The number of likely N-dealkylation sites (tertiary alicyclic amines) is 1. The van der Waals surface area contributed by atoms with Gasteiger partial charge in [-0.15, -0.1) is 0 Å². The van der Waals surface area contributed by atoms with Crippen LogP contribution in [0.2, 0.25) is 0 Å². The molecular formula is C35H41N7O. The summed E-state index contributed by atoms with van der Waals surface area (Å²) in [6, 6.07) is 33.0. The number of benzene rings is 3. The van der Waals surface area contributed by atoms with E-state index in [0.717, 1.165) is 87.5 Å². The second kappa shape index (κ2) is 12.9. The largest absolute Gasteiger partial charge is 0.380 e. The third kappa shape index (κ3) is 6.55. The van der Waals surface area contributed by atoms with Crippen molar-refractivity contribution in [3.8, 4) is 0 Å². The second-order valence-electron chi connectivity index (χ2n) is 11.7. The van der Waals surface area contributed by atoms with Crippen LogP contribution in [0.25, 0.3) is 0 Å². The molecular weight excluding hydrogens is 534 g/mol. The number of nitrogens with one attached hydrogen (secondary N) is 4. The van der Waals surface area contributed by atoms with Crippen LogP contribution < -0.4 is 26.2 Å². The smallest absolute Gasteiger partial charge is 0.155 e. The van der Waals surface area contributed by atoms with Gasteiger partial charge in [0.05, 0.1) is 25.6 Å². The third-order valence-corrected chi connectivity index (χ3v) is 8.85. The van der Waals surface area contributed by atoms with Crippen LogP contribution in [0.5, 0.6) is 0 Å². The summed E-state index contributed by atoms with van der Waals surface area (Å²) in [6.07, 6.45) is 2.21. The van der Waals surface area contributed by atoms with Gasteiger partial charge in [-0.2, -0.15) is 0 Å². The molecule has 0 amide bonds. The lowest BCUT2D eigenvalue weighted by Gasteiger charge is -2.35. The van der Waals surface area contributed by atoms with E-state index in [0.29, 0.717) is 18.6 Å². The minimum atomic E-state index is 0.377. The number of hydrogen-bond donors (Lipinski definition) is 4. The average Bonchev–Trinajstić information content (AvgIpc) is 3.55. The highest BCUT2D eigenvalue weighted by atomic mass is 16.5. The zero-order valence-electron chi connectivity index (χ0n) is 24.6. The molecule has 0 radical (unpaired) electrons. The summed E-state index contributed by atoms with van der Waals surface area (Å²) in [4.78, 5) is 9.86. The number of pyridine rings is 1. The number of anilines is 6. The number of rotatable bonds is 9. The van der Waals surface area contributed by atoms with Crippen LogP contribution in [-0.2, 0) is 4.74 Å². The van der Waals surface area contributed by atoms with Gasteiger partial charge in [0.2, 0.25) is 0 Å². The fourth-order valence-electron chi connectivity index (χ4n) is 6.48. The molecule has 1 aromatic heterocycles. The van der Waals surface area contributed by atoms with E-state index in [1.165, 1.54) is 16.8 Å². The molecule has 4 heterocycles. The van der Waals surface area contributed by atoms with E-state index in [1.54, 1.807) is 0 Å². The third-order valence-electron chi connectivity index (χ3n) is 8.85. The Morgan fingerprint density at radius 1 is 0.814 bits per heavy atom. The number of morpholine rings is 1.